The molecule has 0 amide bonds. The van der Waals surface area contributed by atoms with Crippen LogP contribution >= 0.6 is 8.03 Å². The number of rotatable bonds is 1. The predicted molar refractivity (Wildman–Crippen MR) is 92.4 cm³/mol. The van der Waals surface area contributed by atoms with Gasteiger partial charge in [-0.3, -0.25) is 4.57 Å². The van der Waals surface area contributed by atoms with Gasteiger partial charge in [0.15, 0.2) is 0 Å². The smallest absolute Gasteiger partial charge is 0.214 e. The fourth-order valence-electron chi connectivity index (χ4n) is 6.47. The zero-order valence-electron chi connectivity index (χ0n) is 14.2. The highest BCUT2D eigenvalue weighted by Crippen LogP contribution is 2.65. The van der Waals surface area contributed by atoms with Gasteiger partial charge < -0.3 is 10.00 Å². The third-order valence-electron chi connectivity index (χ3n) is 7.99. The van der Waals surface area contributed by atoms with Crippen LogP contribution in [-0.4, -0.2) is 16.1 Å². The number of hydrogen-bond donors (Lipinski definition) is 2. The summed E-state index contributed by atoms with van der Waals surface area (Å²) in [6.07, 6.45) is 11.6. The third kappa shape index (κ3) is 2.19. The summed E-state index contributed by atoms with van der Waals surface area (Å²) in [6, 6.07) is 0. The molecule has 0 spiro atoms. The van der Waals surface area contributed by atoms with Crippen LogP contribution in [0.4, 0.5) is 0 Å². The Kier molecular flexibility index (Phi) is 3.72. The van der Waals surface area contributed by atoms with Crippen molar-refractivity contribution in [3.63, 3.8) is 0 Å². The molecule has 0 radical (unpaired) electrons. The molecule has 0 heterocycles. The number of hydrogen-bond acceptors (Lipinski definition) is 2. The van der Waals surface area contributed by atoms with Crippen molar-refractivity contribution >= 4 is 8.03 Å². The molecule has 0 aromatic rings. The summed E-state index contributed by atoms with van der Waals surface area (Å²) in [5, 5.41) is 11.2. The van der Waals surface area contributed by atoms with Crippen LogP contribution in [-0.2, 0) is 4.57 Å². The molecule has 4 aliphatic rings. The third-order valence-corrected chi connectivity index (χ3v) is 8.94. The lowest BCUT2D eigenvalue weighted by Gasteiger charge is -2.56. The number of aliphatic hydroxyl groups excluding tert-OH is 1. The first-order chi connectivity index (χ1) is 10.9. The molecule has 2 saturated carbocycles. The van der Waals surface area contributed by atoms with Crippen molar-refractivity contribution in [3.05, 3.63) is 23.0 Å². The van der Waals surface area contributed by atoms with Crippen LogP contribution in [0.2, 0.25) is 0 Å². The summed E-state index contributed by atoms with van der Waals surface area (Å²) in [5.74, 6) is 2.00. The van der Waals surface area contributed by atoms with E-state index >= 15 is 0 Å². The van der Waals surface area contributed by atoms with Gasteiger partial charge >= 0.3 is 0 Å². The fraction of sp³-hybridized carbons (Fsp3) is 0.789. The van der Waals surface area contributed by atoms with Crippen LogP contribution in [0.5, 0.6) is 0 Å². The lowest BCUT2D eigenvalue weighted by atomic mass is 9.49. The maximum atomic E-state index is 11.5. The average Bonchev–Trinajstić information content (AvgIpc) is 2.82. The van der Waals surface area contributed by atoms with Crippen LogP contribution < -0.4 is 0 Å². The molecule has 4 rings (SSSR count). The SMILES string of the molecule is C[C@]12CC[C@H]3[C@@H](CC=C4C=C([PH](=O)O)CC[C@@]43C)[C@@H]1CC[C@@H]2O. The van der Waals surface area contributed by atoms with Gasteiger partial charge in [-0.1, -0.05) is 26.0 Å². The predicted octanol–water partition coefficient (Wildman–Crippen LogP) is 4.27. The second kappa shape index (κ2) is 5.31. The van der Waals surface area contributed by atoms with E-state index in [4.69, 9.17) is 0 Å². The van der Waals surface area contributed by atoms with E-state index in [0.717, 1.165) is 37.4 Å². The number of aliphatic hydroxyl groups is 1. The Morgan fingerprint density at radius 3 is 2.70 bits per heavy atom. The maximum Gasteiger partial charge on any atom is 0.214 e. The van der Waals surface area contributed by atoms with E-state index in [1.54, 1.807) is 0 Å². The molecule has 23 heavy (non-hydrogen) atoms. The maximum absolute atomic E-state index is 11.5. The Morgan fingerprint density at radius 1 is 1.17 bits per heavy atom. The number of allylic oxidation sites excluding steroid dienone is 4. The molecule has 0 aromatic heterocycles. The van der Waals surface area contributed by atoms with Crippen molar-refractivity contribution < 1.29 is 14.6 Å². The summed E-state index contributed by atoms with van der Waals surface area (Å²) in [6.45, 7) is 4.69. The Bertz CT molecular complexity index is 610. The first-order valence-electron chi connectivity index (χ1n) is 9.19. The van der Waals surface area contributed by atoms with Gasteiger partial charge in [0.25, 0.3) is 0 Å². The summed E-state index contributed by atoms with van der Waals surface area (Å²) in [4.78, 5) is 9.49. The van der Waals surface area contributed by atoms with Gasteiger partial charge in [0, 0.05) is 5.31 Å². The van der Waals surface area contributed by atoms with Gasteiger partial charge in [-0.05, 0) is 79.1 Å². The quantitative estimate of drug-likeness (QED) is 0.703. The Labute approximate surface area is 139 Å². The minimum Gasteiger partial charge on any atom is -0.393 e. The molecule has 7 atom stereocenters. The van der Waals surface area contributed by atoms with Gasteiger partial charge in [-0.2, -0.15) is 0 Å². The van der Waals surface area contributed by atoms with E-state index in [0.29, 0.717) is 17.8 Å². The molecular formula is C19H29O3P. The van der Waals surface area contributed by atoms with E-state index in [-0.39, 0.29) is 16.9 Å². The van der Waals surface area contributed by atoms with Gasteiger partial charge in [0.05, 0.1) is 6.10 Å². The van der Waals surface area contributed by atoms with Crippen molar-refractivity contribution in [2.75, 3.05) is 0 Å². The molecule has 0 aromatic carbocycles. The molecule has 128 valence electrons. The first kappa shape index (κ1) is 16.1. The molecule has 0 bridgehead atoms. The van der Waals surface area contributed by atoms with Gasteiger partial charge in [-0.15, -0.1) is 0 Å². The lowest BCUT2D eigenvalue weighted by Crippen LogP contribution is -2.50. The normalized spacial score (nSPS) is 50.3. The summed E-state index contributed by atoms with van der Waals surface area (Å²) < 4.78 is 11.5. The molecular weight excluding hydrogens is 307 g/mol. The van der Waals surface area contributed by atoms with E-state index in [2.05, 4.69) is 19.9 Å². The molecule has 0 saturated heterocycles. The summed E-state index contributed by atoms with van der Waals surface area (Å²) in [5.41, 5.74) is 1.60. The largest absolute Gasteiger partial charge is 0.393 e. The highest BCUT2D eigenvalue weighted by atomic mass is 31.1. The highest BCUT2D eigenvalue weighted by molar-refractivity contribution is 7.43. The summed E-state index contributed by atoms with van der Waals surface area (Å²) in [7, 11) is -2.53. The molecule has 1 unspecified atom stereocenters. The molecule has 3 nitrogen and oxygen atoms in total. The van der Waals surface area contributed by atoms with E-state index < -0.39 is 8.03 Å². The van der Waals surface area contributed by atoms with Crippen molar-refractivity contribution in [1.29, 1.82) is 0 Å². The molecule has 2 fully saturated rings. The van der Waals surface area contributed by atoms with E-state index in [1.165, 1.54) is 18.4 Å². The minimum absolute atomic E-state index is 0.120. The molecule has 4 heteroatoms. The van der Waals surface area contributed by atoms with Crippen molar-refractivity contribution in [2.45, 2.75) is 64.9 Å². The first-order valence-corrected chi connectivity index (χ1v) is 10.5. The van der Waals surface area contributed by atoms with Crippen molar-refractivity contribution in [2.24, 2.45) is 28.6 Å². The minimum atomic E-state index is -2.53. The molecule has 2 N–H and O–H groups in total. The standard InChI is InChI=1S/C19H29O3P/c1-18-9-7-13(23(21)22)11-12(18)3-4-14-15-5-6-17(20)19(15,2)10-8-16(14)18/h3,11,14-17,20,23H,4-10H2,1-2H3,(H,21,22)/t14-,15-,16-,17-,18-,19-/m0/s1. The van der Waals surface area contributed by atoms with E-state index in [9.17, 15) is 14.6 Å². The topological polar surface area (TPSA) is 57.5 Å². The second-order valence-electron chi connectivity index (χ2n) is 8.80. The Hall–Kier alpha value is -0.370. The Balaban J connectivity index is 1.70. The van der Waals surface area contributed by atoms with Crippen LogP contribution in [0.3, 0.4) is 0 Å². The highest BCUT2D eigenvalue weighted by Gasteiger charge is 2.57. The Morgan fingerprint density at radius 2 is 1.96 bits per heavy atom. The fourth-order valence-corrected chi connectivity index (χ4v) is 7.08. The van der Waals surface area contributed by atoms with Gasteiger partial charge in [-0.25, -0.2) is 0 Å². The zero-order valence-corrected chi connectivity index (χ0v) is 15.2. The monoisotopic (exact) mass is 336 g/mol. The van der Waals surface area contributed by atoms with Crippen LogP contribution in [0.1, 0.15) is 58.8 Å². The zero-order chi connectivity index (χ0) is 16.4. The van der Waals surface area contributed by atoms with Crippen molar-refractivity contribution in [1.82, 2.24) is 0 Å². The van der Waals surface area contributed by atoms with Crippen LogP contribution in [0, 0.1) is 28.6 Å². The molecule has 0 aliphatic heterocycles. The van der Waals surface area contributed by atoms with E-state index in [1.807, 2.05) is 6.08 Å². The lowest BCUT2D eigenvalue weighted by molar-refractivity contribution is -0.0625. The average molecular weight is 336 g/mol. The van der Waals surface area contributed by atoms with Crippen LogP contribution in [0.25, 0.3) is 0 Å². The second-order valence-corrected chi connectivity index (χ2v) is 10.1. The van der Waals surface area contributed by atoms with Gasteiger partial charge in [0.1, 0.15) is 0 Å². The van der Waals surface area contributed by atoms with Gasteiger partial charge in [0.2, 0.25) is 8.03 Å². The van der Waals surface area contributed by atoms with Crippen LogP contribution in [0.15, 0.2) is 23.0 Å². The number of fused-ring (bicyclic) bond motifs is 5. The van der Waals surface area contributed by atoms with Crippen molar-refractivity contribution in [3.8, 4) is 0 Å². The summed E-state index contributed by atoms with van der Waals surface area (Å²) >= 11 is 0. The molecule has 4 aliphatic carbocycles.